The predicted molar refractivity (Wildman–Crippen MR) is 140 cm³/mol. The number of aromatic nitrogens is 3. The quantitative estimate of drug-likeness (QED) is 0.410. The maximum atomic E-state index is 13.6. The Bertz CT molecular complexity index is 1150. The molecule has 0 bridgehead atoms. The number of aliphatic imine (C=N–C) groups is 1. The van der Waals surface area contributed by atoms with Gasteiger partial charge in [-0.1, -0.05) is 42.5 Å². The summed E-state index contributed by atoms with van der Waals surface area (Å²) >= 11 is 6.19. The van der Waals surface area contributed by atoms with Gasteiger partial charge in [-0.3, -0.25) is 0 Å². The molecule has 1 aromatic rings. The van der Waals surface area contributed by atoms with Gasteiger partial charge in [-0.15, -0.1) is 0 Å². The minimum Gasteiger partial charge on any atom is -0.378 e. The molecule has 3 heterocycles. The molecule has 12 heteroatoms. The Morgan fingerprint density at radius 3 is 2.27 bits per heavy atom. The van der Waals surface area contributed by atoms with Gasteiger partial charge in [-0.2, -0.15) is 28.1 Å². The summed E-state index contributed by atoms with van der Waals surface area (Å²) < 4.78 is 46.3. The van der Waals surface area contributed by atoms with Gasteiger partial charge >= 0.3 is 6.18 Å². The van der Waals surface area contributed by atoms with E-state index < -0.39 is 11.7 Å². The molecule has 1 aliphatic carbocycles. The summed E-state index contributed by atoms with van der Waals surface area (Å²) in [5, 5.41) is 0.710. The topological polar surface area (TPSA) is 70.0 Å². The molecule has 0 N–H and O–H groups in total. The van der Waals surface area contributed by atoms with E-state index in [1.165, 1.54) is 6.92 Å². The van der Waals surface area contributed by atoms with Crippen LogP contribution in [0.4, 0.5) is 25.1 Å². The van der Waals surface area contributed by atoms with E-state index in [1.54, 1.807) is 4.90 Å². The Morgan fingerprint density at radius 2 is 1.68 bits per heavy atom. The summed E-state index contributed by atoms with van der Waals surface area (Å²) in [6.07, 6.45) is 5.87. The van der Waals surface area contributed by atoms with Gasteiger partial charge in [0, 0.05) is 62.5 Å². The van der Waals surface area contributed by atoms with Gasteiger partial charge in [-0.05, 0) is 13.0 Å². The highest BCUT2D eigenvalue weighted by atomic mass is 35.5. The number of hydrogen-bond acceptors (Lipinski definition) is 7. The van der Waals surface area contributed by atoms with Crippen LogP contribution in [0.25, 0.3) is 5.57 Å². The number of nitrogens with zero attached hydrogens (tertiary/aromatic N) is 7. The van der Waals surface area contributed by atoms with Crippen LogP contribution in [0.1, 0.15) is 19.2 Å². The van der Waals surface area contributed by atoms with E-state index in [4.69, 9.17) is 31.3 Å². The molecule has 2 fully saturated rings. The highest BCUT2D eigenvalue weighted by molar-refractivity contribution is 6.29. The lowest BCUT2D eigenvalue weighted by Gasteiger charge is -2.37. The van der Waals surface area contributed by atoms with Crippen molar-refractivity contribution in [3.05, 3.63) is 59.6 Å². The summed E-state index contributed by atoms with van der Waals surface area (Å²) in [6.45, 7) is 8.77. The van der Waals surface area contributed by atoms with Crippen molar-refractivity contribution < 1.29 is 17.9 Å². The van der Waals surface area contributed by atoms with Gasteiger partial charge in [-0.25, -0.2) is 4.99 Å². The molecule has 8 nitrogen and oxygen atoms in total. The fraction of sp³-hybridized carbons (Fsp3) is 0.440. The number of ether oxygens (including phenoxy) is 1. The van der Waals surface area contributed by atoms with Crippen molar-refractivity contribution in [1.29, 1.82) is 0 Å². The molecule has 3 aliphatic rings. The minimum absolute atomic E-state index is 0.132. The predicted octanol–water partition coefficient (Wildman–Crippen LogP) is 4.35. The van der Waals surface area contributed by atoms with Crippen molar-refractivity contribution >= 4 is 34.9 Å². The molecule has 0 amide bonds. The van der Waals surface area contributed by atoms with Crippen molar-refractivity contribution in [3.63, 3.8) is 0 Å². The van der Waals surface area contributed by atoms with Crippen molar-refractivity contribution in [2.24, 2.45) is 4.99 Å². The Labute approximate surface area is 219 Å². The first-order valence-electron chi connectivity index (χ1n) is 12.0. The second kappa shape index (κ2) is 11.9. The SMILES string of the molecule is C=CN=C(/C(=C\C)C(F)(F)F)N1CCN(c2nc(C3=CC=C(Cl)CC=C3)nc(N3CCOCC3)n2)CC1. The molecule has 0 radical (unpaired) electrons. The van der Waals surface area contributed by atoms with Gasteiger partial charge in [0.2, 0.25) is 11.9 Å². The molecule has 0 spiro atoms. The Morgan fingerprint density at radius 1 is 1.03 bits per heavy atom. The first kappa shape index (κ1) is 26.9. The van der Waals surface area contributed by atoms with Crippen molar-refractivity contribution in [3.8, 4) is 0 Å². The minimum atomic E-state index is -4.51. The second-order valence-electron chi connectivity index (χ2n) is 8.51. The summed E-state index contributed by atoms with van der Waals surface area (Å²) in [7, 11) is 0. The molecule has 1 aromatic heterocycles. The molecule has 2 aliphatic heterocycles. The third kappa shape index (κ3) is 6.58. The van der Waals surface area contributed by atoms with E-state index >= 15 is 0 Å². The van der Waals surface area contributed by atoms with Crippen LogP contribution in [0.15, 0.2) is 58.8 Å². The molecular weight excluding hydrogens is 507 g/mol. The van der Waals surface area contributed by atoms with Crippen molar-refractivity contribution in [1.82, 2.24) is 19.9 Å². The van der Waals surface area contributed by atoms with Gasteiger partial charge in [0.15, 0.2) is 5.82 Å². The average Bonchev–Trinajstić information content (AvgIpc) is 3.12. The third-order valence-electron chi connectivity index (χ3n) is 6.13. The lowest BCUT2D eigenvalue weighted by Crippen LogP contribution is -2.51. The maximum absolute atomic E-state index is 13.6. The van der Waals surface area contributed by atoms with Gasteiger partial charge < -0.3 is 19.4 Å². The fourth-order valence-electron chi connectivity index (χ4n) is 4.23. The summed E-state index contributed by atoms with van der Waals surface area (Å²) in [6, 6.07) is 0. The molecule has 4 rings (SSSR count). The molecule has 0 aromatic carbocycles. The monoisotopic (exact) mass is 535 g/mol. The van der Waals surface area contributed by atoms with E-state index in [0.29, 0.717) is 81.7 Å². The molecular formula is C25H29ClF3N7O. The standard InChI is InChI=1S/C25H29ClF3N7O/c1-3-20(25(27,28)29)22(30-4-2)34-10-12-35(13-11-34)23-31-21(18-6-5-7-19(26)9-8-18)32-24(33-23)36-14-16-37-17-15-36/h3-6,8-9H,2,7,10-17H2,1H3/b20-3+,30-22?. The summed E-state index contributed by atoms with van der Waals surface area (Å²) in [5.74, 6) is 1.40. The van der Waals surface area contributed by atoms with E-state index in [0.717, 1.165) is 17.8 Å². The molecule has 0 atom stereocenters. The smallest absolute Gasteiger partial charge is 0.378 e. The number of amidine groups is 1. The zero-order valence-corrected chi connectivity index (χ0v) is 21.3. The first-order chi connectivity index (χ1) is 17.8. The van der Waals surface area contributed by atoms with E-state index in [-0.39, 0.29) is 5.84 Å². The largest absolute Gasteiger partial charge is 0.419 e. The van der Waals surface area contributed by atoms with Gasteiger partial charge in [0.1, 0.15) is 5.84 Å². The summed E-state index contributed by atoms with van der Waals surface area (Å²) in [4.78, 5) is 23.8. The normalized spacial score (nSPS) is 20.0. The van der Waals surface area contributed by atoms with Crippen LogP contribution in [-0.4, -0.2) is 84.3 Å². The molecule has 198 valence electrons. The van der Waals surface area contributed by atoms with Gasteiger partial charge in [0.25, 0.3) is 0 Å². The Hall–Kier alpha value is -3.18. The number of hydrogen-bond donors (Lipinski definition) is 0. The number of rotatable bonds is 5. The number of piperazine rings is 1. The van der Waals surface area contributed by atoms with Crippen LogP contribution in [0.3, 0.4) is 0 Å². The zero-order chi connectivity index (χ0) is 26.4. The Kier molecular flexibility index (Phi) is 8.65. The number of morpholine rings is 1. The van der Waals surface area contributed by atoms with Crippen LogP contribution >= 0.6 is 11.6 Å². The summed E-state index contributed by atoms with van der Waals surface area (Å²) in [5.41, 5.74) is 0.0208. The van der Waals surface area contributed by atoms with Crippen molar-refractivity contribution in [2.75, 3.05) is 62.3 Å². The average molecular weight is 536 g/mol. The fourth-order valence-corrected chi connectivity index (χ4v) is 4.38. The van der Waals surface area contributed by atoms with Crippen molar-refractivity contribution in [2.45, 2.75) is 19.5 Å². The van der Waals surface area contributed by atoms with Crippen LogP contribution in [0.5, 0.6) is 0 Å². The number of halogens is 4. The number of allylic oxidation sites excluding steroid dienone is 7. The van der Waals surface area contributed by atoms with Crippen LogP contribution in [0.2, 0.25) is 0 Å². The van der Waals surface area contributed by atoms with E-state index in [1.807, 2.05) is 29.2 Å². The zero-order valence-electron chi connectivity index (χ0n) is 20.6. The lowest BCUT2D eigenvalue weighted by atomic mass is 10.1. The van der Waals surface area contributed by atoms with Gasteiger partial charge in [0.05, 0.1) is 18.8 Å². The maximum Gasteiger partial charge on any atom is 0.419 e. The first-order valence-corrected chi connectivity index (χ1v) is 12.4. The highest BCUT2D eigenvalue weighted by Gasteiger charge is 2.39. The van der Waals surface area contributed by atoms with Crippen LogP contribution in [0, 0.1) is 0 Å². The number of anilines is 2. The molecule has 2 saturated heterocycles. The molecule has 37 heavy (non-hydrogen) atoms. The second-order valence-corrected chi connectivity index (χ2v) is 9.00. The van der Waals surface area contributed by atoms with E-state index in [2.05, 4.69) is 16.5 Å². The lowest BCUT2D eigenvalue weighted by molar-refractivity contribution is -0.0871. The molecule has 0 saturated carbocycles. The Balaban J connectivity index is 1.61. The van der Waals surface area contributed by atoms with Crippen LogP contribution < -0.4 is 9.80 Å². The third-order valence-corrected chi connectivity index (χ3v) is 6.41. The van der Waals surface area contributed by atoms with Crippen LogP contribution in [-0.2, 0) is 4.74 Å². The molecule has 0 unspecified atom stereocenters. The van der Waals surface area contributed by atoms with E-state index in [9.17, 15) is 13.2 Å². The number of alkyl halides is 3. The highest BCUT2D eigenvalue weighted by Crippen LogP contribution is 2.29.